The molecule has 0 spiro atoms. The first-order chi connectivity index (χ1) is 11.8. The van der Waals surface area contributed by atoms with Crippen LogP contribution in [-0.4, -0.2) is 40.5 Å². The highest BCUT2D eigenvalue weighted by molar-refractivity contribution is 5.90. The monoisotopic (exact) mass is 320 g/mol. The molecule has 1 aliphatic rings. The lowest BCUT2D eigenvalue weighted by Crippen LogP contribution is -2.48. The molecule has 0 bridgehead atoms. The Kier molecular flexibility index (Phi) is 3.66. The van der Waals surface area contributed by atoms with E-state index in [4.69, 9.17) is 0 Å². The van der Waals surface area contributed by atoms with Gasteiger partial charge in [0.15, 0.2) is 0 Å². The van der Waals surface area contributed by atoms with E-state index in [1.54, 1.807) is 12.5 Å². The summed E-state index contributed by atoms with van der Waals surface area (Å²) >= 11 is 0. The summed E-state index contributed by atoms with van der Waals surface area (Å²) in [5.41, 5.74) is 1.72. The summed E-state index contributed by atoms with van der Waals surface area (Å²) in [5.74, 6) is 1.56. The zero-order valence-corrected chi connectivity index (χ0v) is 12.9. The van der Waals surface area contributed by atoms with Crippen LogP contribution in [0.5, 0.6) is 0 Å². The maximum absolute atomic E-state index is 11.5. The molecule has 7 nitrogen and oxygen atoms in total. The summed E-state index contributed by atoms with van der Waals surface area (Å²) in [4.78, 5) is 26.5. The van der Waals surface area contributed by atoms with Crippen LogP contribution in [0.2, 0.25) is 0 Å². The zero-order valence-electron chi connectivity index (χ0n) is 12.9. The molecule has 24 heavy (non-hydrogen) atoms. The van der Waals surface area contributed by atoms with Crippen LogP contribution in [0.15, 0.2) is 48.9 Å². The van der Waals surface area contributed by atoms with Gasteiger partial charge >= 0.3 is 0 Å². The quantitative estimate of drug-likeness (QED) is 0.764. The second kappa shape index (κ2) is 6.11. The van der Waals surface area contributed by atoms with Gasteiger partial charge in [-0.25, -0.2) is 15.0 Å². The van der Waals surface area contributed by atoms with Gasteiger partial charge in [0.1, 0.15) is 18.0 Å². The van der Waals surface area contributed by atoms with E-state index in [-0.39, 0.29) is 5.91 Å². The Bertz CT molecular complexity index is 874. The van der Waals surface area contributed by atoms with E-state index in [0.717, 1.165) is 34.8 Å². The summed E-state index contributed by atoms with van der Waals surface area (Å²) in [6.07, 6.45) is 3.29. The number of hydrogen-bond acceptors (Lipinski definition) is 6. The van der Waals surface area contributed by atoms with Crippen LogP contribution >= 0.6 is 0 Å². The van der Waals surface area contributed by atoms with Gasteiger partial charge in [-0.05, 0) is 24.3 Å². The molecule has 1 saturated heterocycles. The minimum Gasteiger partial charge on any atom is -0.353 e. The molecule has 0 aliphatic carbocycles. The molecule has 7 heteroatoms. The summed E-state index contributed by atoms with van der Waals surface area (Å²) < 4.78 is 0. The number of anilines is 3. The molecule has 2 N–H and O–H groups in total. The third-order valence-corrected chi connectivity index (χ3v) is 3.92. The molecule has 0 saturated carbocycles. The van der Waals surface area contributed by atoms with E-state index in [0.29, 0.717) is 13.1 Å². The standard InChI is InChI=1S/C17H16N6O/c24-16-10-23(8-7-18-16)15-6-5-12(9-19-15)22-17-13-3-1-2-4-14(13)20-11-21-17/h1-6,9,11H,7-8,10H2,(H,18,24)(H,20,21,22). The number of pyridine rings is 1. The number of carbonyl (C=O) groups excluding carboxylic acids is 1. The Hall–Kier alpha value is -3.22. The predicted octanol–water partition coefficient (Wildman–Crippen LogP) is 1.70. The third-order valence-electron chi connectivity index (χ3n) is 3.92. The largest absolute Gasteiger partial charge is 0.353 e. The number of nitrogens with zero attached hydrogens (tertiary/aromatic N) is 4. The Morgan fingerprint density at radius 3 is 2.83 bits per heavy atom. The number of hydrogen-bond donors (Lipinski definition) is 2. The first-order valence-corrected chi connectivity index (χ1v) is 7.74. The SMILES string of the molecule is O=C1CN(c2ccc(Nc3ncnc4ccccc34)cn2)CCN1. The average molecular weight is 320 g/mol. The van der Waals surface area contributed by atoms with Crippen molar-refractivity contribution in [3.8, 4) is 0 Å². The number of amides is 1. The van der Waals surface area contributed by atoms with Gasteiger partial charge in [-0.15, -0.1) is 0 Å². The number of carbonyl (C=O) groups is 1. The van der Waals surface area contributed by atoms with E-state index in [2.05, 4.69) is 25.6 Å². The van der Waals surface area contributed by atoms with E-state index < -0.39 is 0 Å². The molecule has 2 aromatic heterocycles. The number of piperazine rings is 1. The fraction of sp³-hybridized carbons (Fsp3) is 0.176. The van der Waals surface area contributed by atoms with Crippen molar-refractivity contribution in [2.75, 3.05) is 29.9 Å². The predicted molar refractivity (Wildman–Crippen MR) is 92.3 cm³/mol. The lowest BCUT2D eigenvalue weighted by Gasteiger charge is -2.27. The molecular weight excluding hydrogens is 304 g/mol. The van der Waals surface area contributed by atoms with Gasteiger partial charge < -0.3 is 15.5 Å². The van der Waals surface area contributed by atoms with Crippen LogP contribution in [0.1, 0.15) is 0 Å². The van der Waals surface area contributed by atoms with Crippen molar-refractivity contribution in [2.24, 2.45) is 0 Å². The molecule has 1 aromatic carbocycles. The first kappa shape index (κ1) is 14.4. The average Bonchev–Trinajstić information content (AvgIpc) is 2.63. The van der Waals surface area contributed by atoms with E-state index in [1.165, 1.54) is 0 Å². The molecule has 4 rings (SSSR count). The summed E-state index contributed by atoms with van der Waals surface area (Å²) in [6, 6.07) is 11.7. The van der Waals surface area contributed by atoms with Crippen LogP contribution in [0.3, 0.4) is 0 Å². The number of nitrogens with one attached hydrogen (secondary N) is 2. The van der Waals surface area contributed by atoms with E-state index in [9.17, 15) is 4.79 Å². The first-order valence-electron chi connectivity index (χ1n) is 7.74. The van der Waals surface area contributed by atoms with Gasteiger partial charge in [0, 0.05) is 18.5 Å². The maximum Gasteiger partial charge on any atom is 0.239 e. The zero-order chi connectivity index (χ0) is 16.4. The number of fused-ring (bicyclic) bond motifs is 1. The van der Waals surface area contributed by atoms with Gasteiger partial charge in [-0.2, -0.15) is 0 Å². The number of benzene rings is 1. The van der Waals surface area contributed by atoms with Crippen molar-refractivity contribution in [1.29, 1.82) is 0 Å². The topological polar surface area (TPSA) is 83.0 Å². The van der Waals surface area contributed by atoms with Gasteiger partial charge in [0.25, 0.3) is 0 Å². The Morgan fingerprint density at radius 1 is 1.08 bits per heavy atom. The van der Waals surface area contributed by atoms with Crippen molar-refractivity contribution in [3.05, 3.63) is 48.9 Å². The second-order valence-corrected chi connectivity index (χ2v) is 5.54. The minimum atomic E-state index is 0.0257. The second-order valence-electron chi connectivity index (χ2n) is 5.54. The number of aromatic nitrogens is 3. The minimum absolute atomic E-state index is 0.0257. The van der Waals surface area contributed by atoms with Crippen LogP contribution in [-0.2, 0) is 4.79 Å². The molecule has 1 amide bonds. The molecule has 120 valence electrons. The molecular formula is C17H16N6O. The molecule has 3 aromatic rings. The lowest BCUT2D eigenvalue weighted by atomic mass is 10.2. The van der Waals surface area contributed by atoms with Gasteiger partial charge in [0.2, 0.25) is 5.91 Å². The number of para-hydroxylation sites is 1. The summed E-state index contributed by atoms with van der Waals surface area (Å²) in [6.45, 7) is 1.76. The fourth-order valence-electron chi connectivity index (χ4n) is 2.72. The molecule has 0 radical (unpaired) electrons. The molecule has 0 atom stereocenters. The number of rotatable bonds is 3. The molecule has 0 unspecified atom stereocenters. The van der Waals surface area contributed by atoms with Crippen LogP contribution in [0.4, 0.5) is 17.3 Å². The van der Waals surface area contributed by atoms with Crippen LogP contribution < -0.4 is 15.5 Å². The summed E-state index contributed by atoms with van der Waals surface area (Å²) in [5, 5.41) is 7.04. The van der Waals surface area contributed by atoms with Crippen molar-refractivity contribution in [1.82, 2.24) is 20.3 Å². The Morgan fingerprint density at radius 2 is 2.00 bits per heavy atom. The van der Waals surface area contributed by atoms with E-state index in [1.807, 2.05) is 41.3 Å². The third kappa shape index (κ3) is 2.83. The molecule has 1 fully saturated rings. The summed E-state index contributed by atoms with van der Waals surface area (Å²) in [7, 11) is 0. The van der Waals surface area contributed by atoms with Crippen molar-refractivity contribution in [2.45, 2.75) is 0 Å². The van der Waals surface area contributed by atoms with Crippen LogP contribution in [0.25, 0.3) is 10.9 Å². The van der Waals surface area contributed by atoms with Gasteiger partial charge in [0.05, 0.1) is 23.9 Å². The highest BCUT2D eigenvalue weighted by Gasteiger charge is 2.17. The lowest BCUT2D eigenvalue weighted by molar-refractivity contribution is -0.120. The molecule has 3 heterocycles. The Balaban J connectivity index is 1.56. The molecule has 1 aliphatic heterocycles. The highest BCUT2D eigenvalue weighted by Crippen LogP contribution is 2.23. The van der Waals surface area contributed by atoms with E-state index >= 15 is 0 Å². The maximum atomic E-state index is 11.5. The van der Waals surface area contributed by atoms with Crippen LogP contribution in [0, 0.1) is 0 Å². The van der Waals surface area contributed by atoms with Crippen molar-refractivity contribution < 1.29 is 4.79 Å². The highest BCUT2D eigenvalue weighted by atomic mass is 16.2. The van der Waals surface area contributed by atoms with Gasteiger partial charge in [-0.1, -0.05) is 12.1 Å². The van der Waals surface area contributed by atoms with Gasteiger partial charge in [-0.3, -0.25) is 4.79 Å². The smallest absolute Gasteiger partial charge is 0.239 e. The normalized spacial score (nSPS) is 14.5. The van der Waals surface area contributed by atoms with Crippen molar-refractivity contribution >= 4 is 34.1 Å². The Labute approximate surface area is 138 Å². The van der Waals surface area contributed by atoms with Crippen molar-refractivity contribution in [3.63, 3.8) is 0 Å². The fourth-order valence-corrected chi connectivity index (χ4v) is 2.72.